The van der Waals surface area contributed by atoms with Crippen LogP contribution in [0.15, 0.2) is 35.5 Å². The molecule has 0 unspecified atom stereocenters. The summed E-state index contributed by atoms with van der Waals surface area (Å²) in [5.74, 6) is 2.33. The zero-order chi connectivity index (χ0) is 24.0. The fraction of sp³-hybridized carbons (Fsp3) is 0.348. The summed E-state index contributed by atoms with van der Waals surface area (Å²) in [6.07, 6.45) is 0. The van der Waals surface area contributed by atoms with Gasteiger partial charge in [-0.3, -0.25) is 4.79 Å². The van der Waals surface area contributed by atoms with Crippen LogP contribution in [0, 0.1) is 13.8 Å². The molecule has 0 saturated carbocycles. The number of thioether (sulfide) groups is 1. The van der Waals surface area contributed by atoms with Crippen LogP contribution in [0.2, 0.25) is 5.02 Å². The first kappa shape index (κ1) is 24.7. The van der Waals surface area contributed by atoms with Gasteiger partial charge in [-0.2, -0.15) is 0 Å². The van der Waals surface area contributed by atoms with Gasteiger partial charge in [-0.25, -0.2) is 0 Å². The second-order valence-corrected chi connectivity index (χ2v) is 8.57. The molecule has 0 fully saturated rings. The Morgan fingerprint density at radius 1 is 1.09 bits per heavy atom. The fourth-order valence-corrected chi connectivity index (χ4v) is 4.18. The topological polar surface area (TPSA) is 87.5 Å². The zero-order valence-electron chi connectivity index (χ0n) is 19.3. The number of ether oxygens (including phenoxy) is 3. The van der Waals surface area contributed by atoms with Gasteiger partial charge in [-0.05, 0) is 38.0 Å². The Balaban J connectivity index is 1.64. The average Bonchev–Trinajstić information content (AvgIpc) is 3.20. The fourth-order valence-electron chi connectivity index (χ4n) is 3.13. The van der Waals surface area contributed by atoms with Gasteiger partial charge in [-0.1, -0.05) is 35.5 Å². The molecule has 1 aromatic heterocycles. The Labute approximate surface area is 202 Å². The summed E-state index contributed by atoms with van der Waals surface area (Å²) in [5.41, 5.74) is 2.66. The molecule has 0 atom stereocenters. The summed E-state index contributed by atoms with van der Waals surface area (Å²) >= 11 is 7.42. The van der Waals surface area contributed by atoms with Crippen LogP contribution >= 0.6 is 23.4 Å². The molecule has 3 aromatic rings. The largest absolute Gasteiger partial charge is 0.495 e. The van der Waals surface area contributed by atoms with E-state index in [1.54, 1.807) is 12.1 Å². The van der Waals surface area contributed by atoms with Crippen LogP contribution in [0.1, 0.15) is 23.9 Å². The van der Waals surface area contributed by atoms with E-state index in [-0.39, 0.29) is 11.7 Å². The molecule has 8 nitrogen and oxygen atoms in total. The second-order valence-electron chi connectivity index (χ2n) is 7.22. The average molecular weight is 491 g/mol. The molecular weight excluding hydrogens is 464 g/mol. The summed E-state index contributed by atoms with van der Waals surface area (Å²) in [6, 6.07) is 9.30. The lowest BCUT2D eigenvalue weighted by Crippen LogP contribution is -2.15. The minimum Gasteiger partial charge on any atom is -0.495 e. The number of carbonyl (C=O) groups is 1. The summed E-state index contributed by atoms with van der Waals surface area (Å²) in [6.45, 7) is 6.98. The number of hydrogen-bond donors (Lipinski definition) is 1. The maximum atomic E-state index is 12.6. The summed E-state index contributed by atoms with van der Waals surface area (Å²) in [5, 5.41) is 12.4. The highest BCUT2D eigenvalue weighted by Crippen LogP contribution is 2.36. The SMILES string of the molecule is CCn1c(COc2cc(C)ccc2C)nnc1SCC(=O)Nc1cc(OC)c(Cl)cc1OC. The maximum Gasteiger partial charge on any atom is 0.234 e. The van der Waals surface area contributed by atoms with Crippen molar-refractivity contribution in [3.63, 3.8) is 0 Å². The number of hydrogen-bond acceptors (Lipinski definition) is 7. The number of benzene rings is 2. The van der Waals surface area contributed by atoms with Crippen LogP contribution in [0.25, 0.3) is 0 Å². The van der Waals surface area contributed by atoms with Crippen molar-refractivity contribution < 1.29 is 19.0 Å². The highest BCUT2D eigenvalue weighted by atomic mass is 35.5. The monoisotopic (exact) mass is 490 g/mol. The highest BCUT2D eigenvalue weighted by Gasteiger charge is 2.16. The van der Waals surface area contributed by atoms with Gasteiger partial charge in [-0.15, -0.1) is 10.2 Å². The van der Waals surface area contributed by atoms with E-state index in [0.29, 0.717) is 46.3 Å². The lowest BCUT2D eigenvalue weighted by molar-refractivity contribution is -0.113. The number of amides is 1. The first-order chi connectivity index (χ1) is 15.9. The van der Waals surface area contributed by atoms with E-state index in [2.05, 4.69) is 15.5 Å². The smallest absolute Gasteiger partial charge is 0.234 e. The van der Waals surface area contributed by atoms with Gasteiger partial charge < -0.3 is 24.1 Å². The van der Waals surface area contributed by atoms with Gasteiger partial charge in [0, 0.05) is 18.7 Å². The minimum atomic E-state index is -0.221. The van der Waals surface area contributed by atoms with Gasteiger partial charge in [0.2, 0.25) is 5.91 Å². The molecule has 0 aliphatic rings. The maximum absolute atomic E-state index is 12.6. The van der Waals surface area contributed by atoms with Gasteiger partial charge in [0.05, 0.1) is 30.7 Å². The molecule has 0 bridgehead atoms. The van der Waals surface area contributed by atoms with Crippen molar-refractivity contribution in [2.75, 3.05) is 25.3 Å². The normalized spacial score (nSPS) is 10.7. The molecule has 0 radical (unpaired) electrons. The molecule has 0 spiro atoms. The Hall–Kier alpha value is -2.91. The van der Waals surface area contributed by atoms with Crippen LogP contribution in [0.4, 0.5) is 5.69 Å². The lowest BCUT2D eigenvalue weighted by Gasteiger charge is -2.13. The van der Waals surface area contributed by atoms with E-state index < -0.39 is 0 Å². The molecule has 2 aromatic carbocycles. The van der Waals surface area contributed by atoms with Crippen LogP contribution in [0.3, 0.4) is 0 Å². The molecule has 33 heavy (non-hydrogen) atoms. The zero-order valence-corrected chi connectivity index (χ0v) is 20.8. The second kappa shape index (κ2) is 11.3. The van der Waals surface area contributed by atoms with E-state index >= 15 is 0 Å². The van der Waals surface area contributed by atoms with Crippen molar-refractivity contribution in [1.82, 2.24) is 14.8 Å². The molecule has 1 heterocycles. The highest BCUT2D eigenvalue weighted by molar-refractivity contribution is 7.99. The molecular formula is C23H27ClN4O4S. The molecule has 1 N–H and O–H groups in total. The Kier molecular flexibility index (Phi) is 8.46. The van der Waals surface area contributed by atoms with Gasteiger partial charge in [0.1, 0.15) is 23.9 Å². The number of nitrogens with one attached hydrogen (secondary N) is 1. The molecule has 10 heteroatoms. The van der Waals surface area contributed by atoms with Gasteiger partial charge in [0.25, 0.3) is 0 Å². The lowest BCUT2D eigenvalue weighted by atomic mass is 10.1. The molecule has 176 valence electrons. The first-order valence-electron chi connectivity index (χ1n) is 10.3. The number of aryl methyl sites for hydroxylation is 2. The van der Waals surface area contributed by atoms with Gasteiger partial charge >= 0.3 is 0 Å². The predicted molar refractivity (Wildman–Crippen MR) is 130 cm³/mol. The van der Waals surface area contributed by atoms with Crippen molar-refractivity contribution in [3.8, 4) is 17.2 Å². The third kappa shape index (κ3) is 6.11. The Bertz CT molecular complexity index is 1140. The summed E-state index contributed by atoms with van der Waals surface area (Å²) in [4.78, 5) is 12.6. The van der Waals surface area contributed by atoms with Crippen molar-refractivity contribution >= 4 is 35.0 Å². The Morgan fingerprint density at radius 2 is 1.85 bits per heavy atom. The van der Waals surface area contributed by atoms with Crippen molar-refractivity contribution in [3.05, 3.63) is 52.3 Å². The summed E-state index contributed by atoms with van der Waals surface area (Å²) < 4.78 is 18.4. The number of carbonyl (C=O) groups excluding carboxylic acids is 1. The van der Waals surface area contributed by atoms with Crippen LogP contribution < -0.4 is 19.5 Å². The molecule has 0 aliphatic carbocycles. The molecule has 0 aliphatic heterocycles. The van der Waals surface area contributed by atoms with Crippen LogP contribution in [0.5, 0.6) is 17.2 Å². The molecule has 3 rings (SSSR count). The predicted octanol–water partition coefficient (Wildman–Crippen LogP) is 4.90. The van der Waals surface area contributed by atoms with Crippen molar-refractivity contribution in [2.24, 2.45) is 0 Å². The van der Waals surface area contributed by atoms with E-state index in [4.69, 9.17) is 25.8 Å². The van der Waals surface area contributed by atoms with E-state index in [1.165, 1.54) is 26.0 Å². The van der Waals surface area contributed by atoms with Crippen LogP contribution in [-0.4, -0.2) is 40.6 Å². The van der Waals surface area contributed by atoms with E-state index in [0.717, 1.165) is 16.9 Å². The Morgan fingerprint density at radius 3 is 2.55 bits per heavy atom. The molecule has 1 amide bonds. The number of aromatic nitrogens is 3. The number of rotatable bonds is 10. The minimum absolute atomic E-state index is 0.143. The van der Waals surface area contributed by atoms with Crippen molar-refractivity contribution in [2.45, 2.75) is 39.1 Å². The number of halogens is 1. The van der Waals surface area contributed by atoms with Crippen LogP contribution in [-0.2, 0) is 17.9 Å². The molecule has 0 saturated heterocycles. The summed E-state index contributed by atoms with van der Waals surface area (Å²) in [7, 11) is 3.02. The number of nitrogens with zero attached hydrogens (tertiary/aromatic N) is 3. The first-order valence-corrected chi connectivity index (χ1v) is 11.7. The number of methoxy groups -OCH3 is 2. The van der Waals surface area contributed by atoms with E-state index in [9.17, 15) is 4.79 Å². The number of anilines is 1. The quantitative estimate of drug-likeness (QED) is 0.404. The third-order valence-corrected chi connectivity index (χ3v) is 6.15. The standard InChI is InChI=1S/C23H27ClN4O4S/c1-6-28-21(12-32-18-9-14(2)7-8-15(18)3)26-27-23(28)33-13-22(29)25-17-11-19(30-4)16(24)10-20(17)31-5/h7-11H,6,12-13H2,1-5H3,(H,25,29). The van der Waals surface area contributed by atoms with Crippen molar-refractivity contribution in [1.29, 1.82) is 0 Å². The van der Waals surface area contributed by atoms with E-state index in [1.807, 2.05) is 43.5 Å². The van der Waals surface area contributed by atoms with Gasteiger partial charge in [0.15, 0.2) is 11.0 Å². The third-order valence-electron chi connectivity index (χ3n) is 4.89.